The average molecular weight is 250 g/mol. The molecule has 5 heteroatoms. The molecular formula is C13H18N2O3. The second-order valence-electron chi connectivity index (χ2n) is 4.36. The minimum absolute atomic E-state index is 0.201. The summed E-state index contributed by atoms with van der Waals surface area (Å²) in [5.41, 5.74) is 6.22. The Labute approximate surface area is 106 Å². The highest BCUT2D eigenvalue weighted by atomic mass is 16.7. The van der Waals surface area contributed by atoms with Gasteiger partial charge in [0.1, 0.15) is 0 Å². The summed E-state index contributed by atoms with van der Waals surface area (Å²) in [4.78, 5) is 10.6. The van der Waals surface area contributed by atoms with Gasteiger partial charge in [0.25, 0.3) is 0 Å². The zero-order chi connectivity index (χ0) is 13.0. The number of carbonyl (C=O) groups is 1. The van der Waals surface area contributed by atoms with Crippen LogP contribution in [0.25, 0.3) is 0 Å². The molecule has 1 aliphatic heterocycles. The minimum atomic E-state index is -0.257. The lowest BCUT2D eigenvalue weighted by Gasteiger charge is -2.14. The van der Waals surface area contributed by atoms with Gasteiger partial charge in [-0.3, -0.25) is 4.79 Å². The van der Waals surface area contributed by atoms with Gasteiger partial charge in [0, 0.05) is 12.5 Å². The number of hydrogen-bond acceptors (Lipinski definition) is 4. The molecule has 1 aliphatic rings. The van der Waals surface area contributed by atoms with Crippen molar-refractivity contribution in [1.29, 1.82) is 0 Å². The first-order valence-electron chi connectivity index (χ1n) is 6.08. The van der Waals surface area contributed by atoms with E-state index in [1.165, 1.54) is 0 Å². The van der Waals surface area contributed by atoms with Crippen molar-refractivity contribution >= 4 is 5.91 Å². The summed E-state index contributed by atoms with van der Waals surface area (Å²) < 4.78 is 10.6. The lowest BCUT2D eigenvalue weighted by molar-refractivity contribution is -0.118. The van der Waals surface area contributed by atoms with Crippen molar-refractivity contribution in [2.24, 2.45) is 5.73 Å². The van der Waals surface area contributed by atoms with Crippen LogP contribution in [0.4, 0.5) is 0 Å². The molecule has 0 aromatic heterocycles. The molecule has 18 heavy (non-hydrogen) atoms. The number of nitrogens with one attached hydrogen (secondary N) is 1. The Morgan fingerprint density at radius 3 is 3.00 bits per heavy atom. The van der Waals surface area contributed by atoms with Gasteiger partial charge >= 0.3 is 0 Å². The molecule has 0 saturated heterocycles. The maximum atomic E-state index is 10.6. The van der Waals surface area contributed by atoms with E-state index in [0.717, 1.165) is 30.0 Å². The molecule has 0 radical (unpaired) electrons. The summed E-state index contributed by atoms with van der Waals surface area (Å²) in [5.74, 6) is 1.32. The van der Waals surface area contributed by atoms with Crippen molar-refractivity contribution in [3.05, 3.63) is 23.8 Å². The van der Waals surface area contributed by atoms with Crippen molar-refractivity contribution in [3.8, 4) is 11.5 Å². The van der Waals surface area contributed by atoms with Crippen molar-refractivity contribution in [2.45, 2.75) is 25.8 Å². The third-order valence-corrected chi connectivity index (χ3v) is 2.95. The minimum Gasteiger partial charge on any atom is -0.454 e. The molecule has 1 unspecified atom stereocenters. The third kappa shape index (κ3) is 3.13. The maximum absolute atomic E-state index is 10.6. The van der Waals surface area contributed by atoms with E-state index in [1.54, 1.807) is 0 Å². The van der Waals surface area contributed by atoms with Crippen LogP contribution in [-0.4, -0.2) is 19.2 Å². The van der Waals surface area contributed by atoms with Crippen LogP contribution >= 0.6 is 0 Å². The molecule has 2 rings (SSSR count). The Balaban J connectivity index is 1.85. The van der Waals surface area contributed by atoms with E-state index in [9.17, 15) is 4.79 Å². The fourth-order valence-corrected chi connectivity index (χ4v) is 1.88. The quantitative estimate of drug-likeness (QED) is 0.747. The summed E-state index contributed by atoms with van der Waals surface area (Å²) in [6, 6.07) is 6.11. The Morgan fingerprint density at radius 1 is 1.44 bits per heavy atom. The Kier molecular flexibility index (Phi) is 4.04. The highest BCUT2D eigenvalue weighted by molar-refractivity contribution is 5.73. The summed E-state index contributed by atoms with van der Waals surface area (Å²) >= 11 is 0. The number of nitrogens with two attached hydrogens (primary N) is 1. The van der Waals surface area contributed by atoms with Crippen LogP contribution in [0.3, 0.4) is 0 Å². The van der Waals surface area contributed by atoms with E-state index in [0.29, 0.717) is 13.2 Å². The molecule has 98 valence electrons. The third-order valence-electron chi connectivity index (χ3n) is 2.95. The molecular weight excluding hydrogens is 232 g/mol. The van der Waals surface area contributed by atoms with E-state index in [2.05, 4.69) is 12.2 Å². The predicted octanol–water partition coefficient (Wildman–Crippen LogP) is 1.33. The molecule has 0 spiro atoms. The largest absolute Gasteiger partial charge is 0.454 e. The van der Waals surface area contributed by atoms with Gasteiger partial charge in [0.2, 0.25) is 12.7 Å². The van der Waals surface area contributed by atoms with E-state index in [4.69, 9.17) is 15.2 Å². The fourth-order valence-electron chi connectivity index (χ4n) is 1.88. The molecule has 1 aromatic rings. The first-order chi connectivity index (χ1) is 8.66. The molecule has 3 N–H and O–H groups in total. The van der Waals surface area contributed by atoms with Crippen LogP contribution < -0.4 is 20.5 Å². The predicted molar refractivity (Wildman–Crippen MR) is 67.4 cm³/mol. The molecule has 1 amide bonds. The Bertz CT molecular complexity index is 434. The zero-order valence-corrected chi connectivity index (χ0v) is 10.4. The second kappa shape index (κ2) is 5.73. The summed E-state index contributed by atoms with van der Waals surface area (Å²) in [6.07, 6.45) is 1.17. The second-order valence-corrected chi connectivity index (χ2v) is 4.36. The van der Waals surface area contributed by atoms with E-state index < -0.39 is 0 Å². The van der Waals surface area contributed by atoms with Gasteiger partial charge in [-0.25, -0.2) is 0 Å². The number of hydrogen-bond donors (Lipinski definition) is 2. The molecule has 1 heterocycles. The number of fused-ring (bicyclic) bond motifs is 1. The van der Waals surface area contributed by atoms with Crippen LogP contribution in [-0.2, 0) is 4.79 Å². The Morgan fingerprint density at radius 2 is 2.22 bits per heavy atom. The summed E-state index contributed by atoms with van der Waals surface area (Å²) in [7, 11) is 0. The SMILES string of the molecule is CC(NCCCC(N)=O)c1ccc2c(c1)OCO2. The number of primary amides is 1. The van der Waals surface area contributed by atoms with Crippen LogP contribution in [0.1, 0.15) is 31.4 Å². The van der Waals surface area contributed by atoms with Gasteiger partial charge in [-0.05, 0) is 37.6 Å². The van der Waals surface area contributed by atoms with Crippen LogP contribution in [0.5, 0.6) is 11.5 Å². The number of amides is 1. The van der Waals surface area contributed by atoms with Crippen molar-refractivity contribution in [3.63, 3.8) is 0 Å². The summed E-state index contributed by atoms with van der Waals surface area (Å²) in [5, 5.41) is 3.34. The molecule has 0 saturated carbocycles. The fraction of sp³-hybridized carbons (Fsp3) is 0.462. The lowest BCUT2D eigenvalue weighted by atomic mass is 10.1. The molecule has 5 nitrogen and oxygen atoms in total. The number of rotatable bonds is 6. The van der Waals surface area contributed by atoms with Crippen molar-refractivity contribution < 1.29 is 14.3 Å². The number of ether oxygens (including phenoxy) is 2. The normalized spacial score (nSPS) is 14.5. The van der Waals surface area contributed by atoms with Crippen molar-refractivity contribution in [1.82, 2.24) is 5.32 Å². The van der Waals surface area contributed by atoms with Crippen LogP contribution in [0, 0.1) is 0 Å². The molecule has 0 fully saturated rings. The smallest absolute Gasteiger partial charge is 0.231 e. The van der Waals surface area contributed by atoms with E-state index in [-0.39, 0.29) is 11.9 Å². The standard InChI is InChI=1S/C13H18N2O3/c1-9(15-6-2-3-13(14)16)10-4-5-11-12(7-10)18-8-17-11/h4-5,7,9,15H,2-3,6,8H2,1H3,(H2,14,16). The first kappa shape index (κ1) is 12.7. The zero-order valence-electron chi connectivity index (χ0n) is 10.4. The van der Waals surface area contributed by atoms with Gasteiger partial charge in [-0.1, -0.05) is 6.07 Å². The molecule has 1 atom stereocenters. The Hall–Kier alpha value is -1.75. The maximum Gasteiger partial charge on any atom is 0.231 e. The van der Waals surface area contributed by atoms with Gasteiger partial charge in [0.05, 0.1) is 0 Å². The molecule has 1 aromatic carbocycles. The number of benzene rings is 1. The lowest BCUT2D eigenvalue weighted by Crippen LogP contribution is -2.21. The van der Waals surface area contributed by atoms with Crippen molar-refractivity contribution in [2.75, 3.05) is 13.3 Å². The first-order valence-corrected chi connectivity index (χ1v) is 6.08. The highest BCUT2D eigenvalue weighted by Gasteiger charge is 2.15. The van der Waals surface area contributed by atoms with Gasteiger partial charge in [-0.15, -0.1) is 0 Å². The topological polar surface area (TPSA) is 73.6 Å². The van der Waals surface area contributed by atoms with Crippen LogP contribution in [0.15, 0.2) is 18.2 Å². The van der Waals surface area contributed by atoms with Gasteiger partial charge in [0.15, 0.2) is 11.5 Å². The molecule has 0 aliphatic carbocycles. The summed E-state index contributed by atoms with van der Waals surface area (Å²) in [6.45, 7) is 3.12. The van der Waals surface area contributed by atoms with Crippen LogP contribution in [0.2, 0.25) is 0 Å². The molecule has 0 bridgehead atoms. The van der Waals surface area contributed by atoms with E-state index in [1.807, 2.05) is 18.2 Å². The van der Waals surface area contributed by atoms with Gasteiger partial charge in [-0.2, -0.15) is 0 Å². The van der Waals surface area contributed by atoms with E-state index >= 15 is 0 Å². The number of carbonyl (C=O) groups excluding carboxylic acids is 1. The average Bonchev–Trinajstić information content (AvgIpc) is 2.81. The highest BCUT2D eigenvalue weighted by Crippen LogP contribution is 2.34. The van der Waals surface area contributed by atoms with Gasteiger partial charge < -0.3 is 20.5 Å². The monoisotopic (exact) mass is 250 g/mol.